The molecule has 2 nitrogen and oxygen atoms in total. The summed E-state index contributed by atoms with van der Waals surface area (Å²) < 4.78 is 0. The first-order chi connectivity index (χ1) is 5.25. The van der Waals surface area contributed by atoms with Crippen molar-refractivity contribution >= 4 is 5.97 Å². The summed E-state index contributed by atoms with van der Waals surface area (Å²) in [6.45, 7) is 0. The summed E-state index contributed by atoms with van der Waals surface area (Å²) >= 11 is 0. The lowest BCUT2D eigenvalue weighted by Gasteiger charge is -2.18. The van der Waals surface area contributed by atoms with Gasteiger partial charge in [-0.25, -0.2) is 0 Å². The zero-order valence-corrected chi connectivity index (χ0v) is 6.62. The minimum absolute atomic E-state index is 0.418. The maximum Gasteiger partial charge on any atom is 0.303 e. The second-order valence-corrected chi connectivity index (χ2v) is 4.03. The van der Waals surface area contributed by atoms with E-state index in [1.54, 1.807) is 0 Å². The van der Waals surface area contributed by atoms with Crippen LogP contribution in [-0.4, -0.2) is 11.1 Å². The van der Waals surface area contributed by atoms with E-state index in [2.05, 4.69) is 0 Å². The lowest BCUT2D eigenvalue weighted by molar-refractivity contribution is -0.138. The van der Waals surface area contributed by atoms with Crippen molar-refractivity contribution in [2.45, 2.75) is 32.1 Å². The monoisotopic (exact) mass is 154 g/mol. The highest BCUT2D eigenvalue weighted by Gasteiger charge is 2.39. The van der Waals surface area contributed by atoms with Crippen LogP contribution in [0.3, 0.4) is 0 Å². The molecule has 62 valence electrons. The van der Waals surface area contributed by atoms with Gasteiger partial charge in [-0.1, -0.05) is 6.42 Å². The fourth-order valence-corrected chi connectivity index (χ4v) is 2.85. The Labute approximate surface area is 66.6 Å². The predicted octanol–water partition coefficient (Wildman–Crippen LogP) is 1.90. The molecule has 0 aromatic heterocycles. The lowest BCUT2D eigenvalue weighted by atomic mass is 9.86. The maximum atomic E-state index is 10.4. The molecule has 1 N–H and O–H groups in total. The number of hydrogen-bond donors (Lipinski definition) is 1. The first-order valence-corrected chi connectivity index (χ1v) is 4.47. The van der Waals surface area contributed by atoms with Crippen molar-refractivity contribution in [2.75, 3.05) is 0 Å². The van der Waals surface area contributed by atoms with Gasteiger partial charge >= 0.3 is 5.97 Å². The first-order valence-electron chi connectivity index (χ1n) is 4.47. The normalized spacial score (nSPS) is 41.3. The molecule has 0 heterocycles. The van der Waals surface area contributed by atoms with Crippen LogP contribution in [0.25, 0.3) is 0 Å². The lowest BCUT2D eigenvalue weighted by Crippen LogP contribution is -2.14. The van der Waals surface area contributed by atoms with Crippen molar-refractivity contribution in [1.82, 2.24) is 0 Å². The third-order valence-corrected chi connectivity index (χ3v) is 3.32. The van der Waals surface area contributed by atoms with E-state index in [1.165, 1.54) is 25.7 Å². The summed E-state index contributed by atoms with van der Waals surface area (Å²) in [7, 11) is 0. The van der Waals surface area contributed by atoms with Gasteiger partial charge in [-0.05, 0) is 37.0 Å². The molecular weight excluding hydrogens is 140 g/mol. The van der Waals surface area contributed by atoms with Crippen LogP contribution in [0.4, 0.5) is 0 Å². The SMILES string of the molecule is O=C(O)C[C@H]1C[C@H]2CC[C@H]1C2. The largest absolute Gasteiger partial charge is 0.481 e. The van der Waals surface area contributed by atoms with E-state index in [9.17, 15) is 4.79 Å². The molecule has 0 radical (unpaired) electrons. The second-order valence-electron chi connectivity index (χ2n) is 4.03. The van der Waals surface area contributed by atoms with Gasteiger partial charge in [-0.15, -0.1) is 0 Å². The molecule has 0 amide bonds. The Kier molecular flexibility index (Phi) is 1.63. The van der Waals surface area contributed by atoms with Crippen LogP contribution in [0, 0.1) is 17.8 Å². The van der Waals surface area contributed by atoms with Crippen molar-refractivity contribution in [2.24, 2.45) is 17.8 Å². The second kappa shape index (κ2) is 2.50. The van der Waals surface area contributed by atoms with Crippen LogP contribution < -0.4 is 0 Å². The zero-order valence-electron chi connectivity index (χ0n) is 6.62. The van der Waals surface area contributed by atoms with Crippen LogP contribution in [0.2, 0.25) is 0 Å². The fourth-order valence-electron chi connectivity index (χ4n) is 2.85. The molecule has 0 unspecified atom stereocenters. The topological polar surface area (TPSA) is 37.3 Å². The zero-order chi connectivity index (χ0) is 7.84. The number of carboxylic acid groups (broad SMARTS) is 1. The van der Waals surface area contributed by atoms with E-state index in [-0.39, 0.29) is 0 Å². The Hall–Kier alpha value is -0.530. The molecule has 3 atom stereocenters. The summed E-state index contributed by atoms with van der Waals surface area (Å²) in [4.78, 5) is 10.4. The van der Waals surface area contributed by atoms with Crippen LogP contribution >= 0.6 is 0 Å². The number of carbonyl (C=O) groups is 1. The van der Waals surface area contributed by atoms with Gasteiger partial charge in [0.05, 0.1) is 0 Å². The molecule has 2 aliphatic rings. The van der Waals surface area contributed by atoms with Crippen molar-refractivity contribution in [3.63, 3.8) is 0 Å². The predicted molar refractivity (Wildman–Crippen MR) is 41.2 cm³/mol. The molecule has 2 heteroatoms. The Balaban J connectivity index is 1.92. The Bertz CT molecular complexity index is 176. The summed E-state index contributed by atoms with van der Waals surface area (Å²) in [6.07, 6.45) is 5.58. The van der Waals surface area contributed by atoms with Gasteiger partial charge in [-0.2, -0.15) is 0 Å². The number of rotatable bonds is 2. The standard InChI is InChI=1S/C9H14O2/c10-9(11)5-8-4-6-1-2-7(8)3-6/h6-8H,1-5H2,(H,10,11)/t6-,7-,8+/m0/s1. The molecule has 0 aliphatic heterocycles. The number of fused-ring (bicyclic) bond motifs is 2. The minimum atomic E-state index is -0.609. The summed E-state index contributed by atoms with van der Waals surface area (Å²) in [5.74, 6) is 1.55. The van der Waals surface area contributed by atoms with Crippen LogP contribution in [0.15, 0.2) is 0 Å². The van der Waals surface area contributed by atoms with Gasteiger partial charge < -0.3 is 5.11 Å². The molecule has 11 heavy (non-hydrogen) atoms. The number of carboxylic acids is 1. The molecule has 2 rings (SSSR count). The molecule has 2 saturated carbocycles. The summed E-state index contributed by atoms with van der Waals surface area (Å²) in [5.41, 5.74) is 0. The Morgan fingerprint density at radius 1 is 1.36 bits per heavy atom. The number of aliphatic carboxylic acids is 1. The van der Waals surface area contributed by atoms with E-state index in [4.69, 9.17) is 5.11 Å². The number of hydrogen-bond acceptors (Lipinski definition) is 1. The summed E-state index contributed by atoms with van der Waals surface area (Å²) in [6, 6.07) is 0. The van der Waals surface area contributed by atoms with Gasteiger partial charge in [0.2, 0.25) is 0 Å². The first kappa shape index (κ1) is 7.14. The average Bonchev–Trinajstić information content (AvgIpc) is 2.45. The fraction of sp³-hybridized carbons (Fsp3) is 0.889. The molecule has 2 bridgehead atoms. The van der Waals surface area contributed by atoms with Crippen molar-refractivity contribution in [1.29, 1.82) is 0 Å². The Morgan fingerprint density at radius 3 is 2.64 bits per heavy atom. The minimum Gasteiger partial charge on any atom is -0.481 e. The van der Waals surface area contributed by atoms with Gasteiger partial charge in [0.25, 0.3) is 0 Å². The van der Waals surface area contributed by atoms with E-state index in [0.717, 1.165) is 11.8 Å². The molecular formula is C9H14O2. The smallest absolute Gasteiger partial charge is 0.303 e. The van der Waals surface area contributed by atoms with Gasteiger partial charge in [0, 0.05) is 6.42 Å². The van der Waals surface area contributed by atoms with Crippen molar-refractivity contribution in [3.8, 4) is 0 Å². The van der Waals surface area contributed by atoms with Gasteiger partial charge in [0.15, 0.2) is 0 Å². The van der Waals surface area contributed by atoms with Gasteiger partial charge in [-0.3, -0.25) is 4.79 Å². The molecule has 2 aliphatic carbocycles. The highest BCUT2D eigenvalue weighted by Crippen LogP contribution is 2.49. The van der Waals surface area contributed by atoms with Crippen LogP contribution in [-0.2, 0) is 4.79 Å². The molecule has 2 fully saturated rings. The van der Waals surface area contributed by atoms with Crippen molar-refractivity contribution < 1.29 is 9.90 Å². The third-order valence-electron chi connectivity index (χ3n) is 3.32. The van der Waals surface area contributed by atoms with E-state index in [1.807, 2.05) is 0 Å². The highest BCUT2D eigenvalue weighted by atomic mass is 16.4. The highest BCUT2D eigenvalue weighted by molar-refractivity contribution is 5.67. The van der Waals surface area contributed by atoms with Crippen molar-refractivity contribution in [3.05, 3.63) is 0 Å². The van der Waals surface area contributed by atoms with Gasteiger partial charge in [0.1, 0.15) is 0 Å². The maximum absolute atomic E-state index is 10.4. The van der Waals surface area contributed by atoms with E-state index >= 15 is 0 Å². The third kappa shape index (κ3) is 1.26. The molecule has 0 saturated heterocycles. The molecule has 0 aromatic rings. The summed E-state index contributed by atoms with van der Waals surface area (Å²) in [5, 5.41) is 8.60. The quantitative estimate of drug-likeness (QED) is 0.659. The van der Waals surface area contributed by atoms with E-state index < -0.39 is 5.97 Å². The Morgan fingerprint density at radius 2 is 2.18 bits per heavy atom. The van der Waals surface area contributed by atoms with E-state index in [0.29, 0.717) is 12.3 Å². The van der Waals surface area contributed by atoms with Crippen LogP contribution in [0.1, 0.15) is 32.1 Å². The molecule has 0 aromatic carbocycles. The average molecular weight is 154 g/mol. The van der Waals surface area contributed by atoms with Crippen LogP contribution in [0.5, 0.6) is 0 Å². The molecule has 0 spiro atoms.